The molecular formula is C14H9BrClF4N. The van der Waals surface area contributed by atoms with Crippen molar-refractivity contribution >= 4 is 33.2 Å². The predicted molar refractivity (Wildman–Crippen MR) is 77.9 cm³/mol. The first-order valence-electron chi connectivity index (χ1n) is 5.82. The van der Waals surface area contributed by atoms with Crippen LogP contribution in [0.1, 0.15) is 11.1 Å². The molecule has 0 heterocycles. The van der Waals surface area contributed by atoms with E-state index in [4.69, 9.17) is 11.6 Å². The summed E-state index contributed by atoms with van der Waals surface area (Å²) in [5.74, 6) is -0.588. The van der Waals surface area contributed by atoms with E-state index in [1.165, 1.54) is 18.2 Å². The summed E-state index contributed by atoms with van der Waals surface area (Å²) in [5, 5.41) is 2.73. The number of halogens is 6. The van der Waals surface area contributed by atoms with E-state index in [1.54, 1.807) is 6.07 Å². The van der Waals surface area contributed by atoms with Crippen molar-refractivity contribution in [2.45, 2.75) is 12.7 Å². The highest BCUT2D eigenvalue weighted by Gasteiger charge is 2.30. The van der Waals surface area contributed by atoms with Crippen molar-refractivity contribution in [3.8, 4) is 0 Å². The lowest BCUT2D eigenvalue weighted by Gasteiger charge is -2.13. The summed E-state index contributed by atoms with van der Waals surface area (Å²) in [5.41, 5.74) is -0.282. The molecule has 2 aromatic rings. The van der Waals surface area contributed by atoms with Crippen molar-refractivity contribution in [2.24, 2.45) is 0 Å². The molecule has 0 unspecified atom stereocenters. The Bertz CT molecular complexity index is 658. The Morgan fingerprint density at radius 1 is 1.14 bits per heavy atom. The molecule has 21 heavy (non-hydrogen) atoms. The van der Waals surface area contributed by atoms with E-state index < -0.39 is 17.6 Å². The number of anilines is 1. The van der Waals surface area contributed by atoms with E-state index in [9.17, 15) is 17.6 Å². The molecule has 0 amide bonds. The maximum Gasteiger partial charge on any atom is 0.416 e. The highest BCUT2D eigenvalue weighted by molar-refractivity contribution is 9.10. The van der Waals surface area contributed by atoms with E-state index in [-0.39, 0.29) is 22.8 Å². The second-order valence-electron chi connectivity index (χ2n) is 4.26. The second kappa shape index (κ2) is 6.23. The van der Waals surface area contributed by atoms with Gasteiger partial charge in [-0.3, -0.25) is 0 Å². The number of benzene rings is 2. The number of nitrogens with one attached hydrogen (secondary N) is 1. The molecule has 0 aliphatic carbocycles. The lowest BCUT2D eigenvalue weighted by atomic mass is 10.1. The van der Waals surface area contributed by atoms with Crippen molar-refractivity contribution in [2.75, 3.05) is 5.32 Å². The minimum absolute atomic E-state index is 0.0201. The van der Waals surface area contributed by atoms with Crippen LogP contribution >= 0.6 is 27.5 Å². The van der Waals surface area contributed by atoms with Crippen molar-refractivity contribution in [1.82, 2.24) is 0 Å². The number of hydrogen-bond acceptors (Lipinski definition) is 1. The van der Waals surface area contributed by atoms with E-state index in [0.29, 0.717) is 4.47 Å². The van der Waals surface area contributed by atoms with E-state index in [1.807, 2.05) is 0 Å². The van der Waals surface area contributed by atoms with Crippen LogP contribution < -0.4 is 5.32 Å². The van der Waals surface area contributed by atoms with Crippen LogP contribution in [0.15, 0.2) is 40.9 Å². The lowest BCUT2D eigenvalue weighted by molar-refractivity contribution is -0.137. The molecule has 2 aromatic carbocycles. The summed E-state index contributed by atoms with van der Waals surface area (Å²) in [6, 6.07) is 7.71. The summed E-state index contributed by atoms with van der Waals surface area (Å²) < 4.78 is 52.1. The Balaban J connectivity index is 2.22. The number of hydrogen-bond donors (Lipinski definition) is 1. The molecule has 0 spiro atoms. The Labute approximate surface area is 132 Å². The van der Waals surface area contributed by atoms with Gasteiger partial charge in [0, 0.05) is 22.3 Å². The largest absolute Gasteiger partial charge is 0.416 e. The average molecular weight is 383 g/mol. The van der Waals surface area contributed by atoms with Crippen LogP contribution in [0, 0.1) is 5.82 Å². The molecule has 0 fully saturated rings. The standard InChI is InChI=1S/C14H9BrClF4N/c15-10-5-4-9(14(18,19)20)6-12(10)21-7-8-2-1-3-11(16)13(8)17/h1-6,21H,7H2. The average Bonchev–Trinajstić information content (AvgIpc) is 2.40. The summed E-state index contributed by atoms with van der Waals surface area (Å²) in [6.45, 7) is 0.0201. The van der Waals surface area contributed by atoms with Gasteiger partial charge in [-0.2, -0.15) is 13.2 Å². The maximum absolute atomic E-state index is 13.7. The highest BCUT2D eigenvalue weighted by atomic mass is 79.9. The van der Waals surface area contributed by atoms with Crippen LogP contribution in [0.3, 0.4) is 0 Å². The van der Waals surface area contributed by atoms with Crippen molar-refractivity contribution < 1.29 is 17.6 Å². The van der Waals surface area contributed by atoms with Gasteiger partial charge >= 0.3 is 6.18 Å². The molecule has 112 valence electrons. The maximum atomic E-state index is 13.7. The van der Waals surface area contributed by atoms with E-state index >= 15 is 0 Å². The molecule has 7 heteroatoms. The molecule has 0 aliphatic rings. The lowest BCUT2D eigenvalue weighted by Crippen LogP contribution is -2.07. The van der Waals surface area contributed by atoms with Gasteiger partial charge in [0.1, 0.15) is 5.82 Å². The van der Waals surface area contributed by atoms with Crippen LogP contribution in [-0.2, 0) is 12.7 Å². The molecule has 0 aromatic heterocycles. The number of rotatable bonds is 3. The zero-order valence-electron chi connectivity index (χ0n) is 10.4. The van der Waals surface area contributed by atoms with Crippen molar-refractivity contribution in [1.29, 1.82) is 0 Å². The van der Waals surface area contributed by atoms with Crippen molar-refractivity contribution in [3.05, 3.63) is 62.8 Å². The molecule has 2 rings (SSSR count). The quantitative estimate of drug-likeness (QED) is 0.654. The first kappa shape index (κ1) is 16.1. The van der Waals surface area contributed by atoms with Crippen LogP contribution in [0.5, 0.6) is 0 Å². The molecule has 0 aliphatic heterocycles. The highest BCUT2D eigenvalue weighted by Crippen LogP contribution is 2.34. The summed E-state index contributed by atoms with van der Waals surface area (Å²) in [6.07, 6.45) is -4.43. The molecule has 0 radical (unpaired) electrons. The monoisotopic (exact) mass is 381 g/mol. The molecule has 0 bridgehead atoms. The molecular weight excluding hydrogens is 374 g/mol. The number of alkyl halides is 3. The van der Waals surface area contributed by atoms with Gasteiger partial charge in [0.2, 0.25) is 0 Å². The van der Waals surface area contributed by atoms with Crippen LogP contribution in [-0.4, -0.2) is 0 Å². The fourth-order valence-electron chi connectivity index (χ4n) is 1.71. The van der Waals surface area contributed by atoms with Crippen LogP contribution in [0.25, 0.3) is 0 Å². The van der Waals surface area contributed by atoms with Gasteiger partial charge in [0.15, 0.2) is 0 Å². The molecule has 0 saturated carbocycles. The topological polar surface area (TPSA) is 12.0 Å². The van der Waals surface area contributed by atoms with Crippen molar-refractivity contribution in [3.63, 3.8) is 0 Å². The van der Waals surface area contributed by atoms with Gasteiger partial charge in [0.25, 0.3) is 0 Å². The molecule has 0 saturated heterocycles. The molecule has 1 N–H and O–H groups in total. The van der Waals surface area contributed by atoms with Gasteiger partial charge in [-0.25, -0.2) is 4.39 Å². The van der Waals surface area contributed by atoms with Gasteiger partial charge in [-0.1, -0.05) is 23.7 Å². The first-order valence-corrected chi connectivity index (χ1v) is 6.99. The smallest absolute Gasteiger partial charge is 0.380 e. The fourth-order valence-corrected chi connectivity index (χ4v) is 2.29. The predicted octanol–water partition coefficient (Wildman–Crippen LogP) is 5.87. The Kier molecular flexibility index (Phi) is 4.78. The zero-order valence-corrected chi connectivity index (χ0v) is 12.8. The SMILES string of the molecule is Fc1c(Cl)cccc1CNc1cc(C(F)(F)F)ccc1Br. The van der Waals surface area contributed by atoms with Gasteiger partial charge in [-0.15, -0.1) is 0 Å². The molecule has 1 nitrogen and oxygen atoms in total. The summed E-state index contributed by atoms with van der Waals surface area (Å²) in [7, 11) is 0. The summed E-state index contributed by atoms with van der Waals surface area (Å²) in [4.78, 5) is 0. The Hall–Kier alpha value is -1.27. The van der Waals surface area contributed by atoms with Crippen LogP contribution in [0.2, 0.25) is 5.02 Å². The van der Waals surface area contributed by atoms with Crippen LogP contribution in [0.4, 0.5) is 23.2 Å². The van der Waals surface area contributed by atoms with E-state index in [0.717, 1.165) is 12.1 Å². The van der Waals surface area contributed by atoms with E-state index in [2.05, 4.69) is 21.2 Å². The summed E-state index contributed by atoms with van der Waals surface area (Å²) >= 11 is 8.81. The molecule has 0 atom stereocenters. The zero-order chi connectivity index (χ0) is 15.6. The minimum Gasteiger partial charge on any atom is -0.380 e. The Morgan fingerprint density at radius 3 is 2.52 bits per heavy atom. The van der Waals surface area contributed by atoms with Gasteiger partial charge in [0.05, 0.1) is 10.6 Å². The van der Waals surface area contributed by atoms with Gasteiger partial charge < -0.3 is 5.32 Å². The normalized spacial score (nSPS) is 11.5. The fraction of sp³-hybridized carbons (Fsp3) is 0.143. The van der Waals surface area contributed by atoms with Gasteiger partial charge in [-0.05, 0) is 40.2 Å². The first-order chi connectivity index (χ1) is 9.79. The third kappa shape index (κ3) is 3.89. The third-order valence-electron chi connectivity index (χ3n) is 2.79. The Morgan fingerprint density at radius 2 is 1.86 bits per heavy atom. The minimum atomic E-state index is -4.43. The third-order valence-corrected chi connectivity index (χ3v) is 3.78. The second-order valence-corrected chi connectivity index (χ2v) is 5.52.